The maximum absolute atomic E-state index is 14.2. The fourth-order valence-corrected chi connectivity index (χ4v) is 12.5. The second-order valence-corrected chi connectivity index (χ2v) is 19.1. The van der Waals surface area contributed by atoms with Gasteiger partial charge in [0.25, 0.3) is 10.0 Å². The minimum atomic E-state index is -3.83. The van der Waals surface area contributed by atoms with E-state index in [0.29, 0.717) is 10.4 Å². The van der Waals surface area contributed by atoms with Crippen LogP contribution in [0.5, 0.6) is 0 Å². The van der Waals surface area contributed by atoms with Crippen LogP contribution in [0.15, 0.2) is 132 Å². The van der Waals surface area contributed by atoms with Crippen molar-refractivity contribution in [1.29, 1.82) is 0 Å². The van der Waals surface area contributed by atoms with Crippen molar-refractivity contribution < 1.29 is 8.42 Å². The first-order chi connectivity index (χ1) is 26.9. The largest absolute Gasteiger partial charge is 0.268 e. The number of para-hydroxylation sites is 1. The zero-order valence-corrected chi connectivity index (χ0v) is 34.1. The number of thiophene rings is 2. The molecule has 0 spiro atoms. The summed E-state index contributed by atoms with van der Waals surface area (Å²) in [4.78, 5) is 2.84. The molecule has 0 unspecified atom stereocenters. The van der Waals surface area contributed by atoms with Gasteiger partial charge in [0.1, 0.15) is 0 Å². The zero-order valence-electron chi connectivity index (χ0n) is 31.7. The van der Waals surface area contributed by atoms with Gasteiger partial charge < -0.3 is 0 Å². The molecule has 0 bridgehead atoms. The van der Waals surface area contributed by atoms with Crippen molar-refractivity contribution in [3.8, 4) is 32.0 Å². The van der Waals surface area contributed by atoms with Gasteiger partial charge in [-0.2, -0.15) is 0 Å². The molecule has 3 heterocycles. The van der Waals surface area contributed by atoms with E-state index in [1.165, 1.54) is 107 Å². The highest BCUT2D eigenvalue weighted by Gasteiger charge is 2.42. The van der Waals surface area contributed by atoms with Gasteiger partial charge in [0, 0.05) is 30.6 Å². The highest BCUT2D eigenvalue weighted by Crippen LogP contribution is 2.56. The summed E-state index contributed by atoms with van der Waals surface area (Å²) in [7, 11) is -3.83. The second-order valence-electron chi connectivity index (χ2n) is 15.3. The lowest BCUT2D eigenvalue weighted by Gasteiger charge is -2.33. The lowest BCUT2D eigenvalue weighted by atomic mass is 9.70. The summed E-state index contributed by atoms with van der Waals surface area (Å²) >= 11 is 3.59. The van der Waals surface area contributed by atoms with Crippen LogP contribution in [0.2, 0.25) is 0 Å². The van der Waals surface area contributed by atoms with Gasteiger partial charge in [-0.25, -0.2) is 12.4 Å². The van der Waals surface area contributed by atoms with Crippen LogP contribution in [-0.2, 0) is 15.4 Å². The topological polar surface area (TPSA) is 39.1 Å². The van der Waals surface area contributed by atoms with E-state index < -0.39 is 10.0 Å². The van der Waals surface area contributed by atoms with E-state index in [9.17, 15) is 8.42 Å². The number of unbranched alkanes of at least 4 members (excludes halogenated alkanes) is 6. The highest BCUT2D eigenvalue weighted by molar-refractivity contribution is 7.90. The number of aromatic nitrogens is 1. The molecule has 0 saturated heterocycles. The lowest BCUT2D eigenvalue weighted by Crippen LogP contribution is -2.25. The first-order valence-corrected chi connectivity index (χ1v) is 23.2. The first kappa shape index (κ1) is 36.2. The van der Waals surface area contributed by atoms with Gasteiger partial charge in [-0.3, -0.25) is 0 Å². The van der Waals surface area contributed by atoms with Gasteiger partial charge in [0.05, 0.1) is 15.9 Å². The smallest absolute Gasteiger partial charge is 0.233 e. The van der Waals surface area contributed by atoms with E-state index in [0.717, 1.165) is 26.4 Å². The van der Waals surface area contributed by atoms with E-state index in [-0.39, 0.29) is 5.41 Å². The number of fused-ring (bicyclic) bond motifs is 7. The minimum absolute atomic E-state index is 0.0245. The van der Waals surface area contributed by atoms with Crippen LogP contribution in [0.1, 0.15) is 89.2 Å². The molecule has 3 aromatic heterocycles. The molecular formula is C49H47NO2S3. The van der Waals surface area contributed by atoms with Crippen molar-refractivity contribution in [2.45, 2.75) is 88.4 Å². The van der Waals surface area contributed by atoms with Gasteiger partial charge in [-0.05, 0) is 112 Å². The Morgan fingerprint density at radius 3 is 1.89 bits per heavy atom. The van der Waals surface area contributed by atoms with Crippen LogP contribution in [0.4, 0.5) is 0 Å². The molecule has 0 saturated carbocycles. The molecule has 0 atom stereocenters. The summed E-state index contributed by atoms with van der Waals surface area (Å²) in [5.41, 5.74) is 9.77. The first-order valence-electron chi connectivity index (χ1n) is 20.0. The summed E-state index contributed by atoms with van der Waals surface area (Å²) < 4.78 is 31.1. The standard InChI is InChI=1S/C49H47NO2S3/c1-3-5-7-14-26-49(27-15-8-6-4-2)42-30-34(46-21-16-28-53-46)22-24-38(42)39-25-23-35(31-43(39)49)47-32-36-29-41-40-19-12-13-20-44(40)50(45(41)33-48(36)54-47)55(51,52)37-17-10-9-11-18-37/h9-13,16-25,28-33H,3-8,14-15,26-27H2,1-2H3. The van der Waals surface area contributed by atoms with Crippen LogP contribution in [-0.4, -0.2) is 12.4 Å². The molecule has 1 aliphatic rings. The van der Waals surface area contributed by atoms with Gasteiger partial charge in [-0.15, -0.1) is 22.7 Å². The van der Waals surface area contributed by atoms with Crippen LogP contribution in [0, 0.1) is 0 Å². The summed E-state index contributed by atoms with van der Waals surface area (Å²) in [6.07, 6.45) is 12.4. The van der Waals surface area contributed by atoms with E-state index in [1.54, 1.807) is 39.6 Å². The summed E-state index contributed by atoms with van der Waals surface area (Å²) in [5, 5.41) is 5.22. The minimum Gasteiger partial charge on any atom is -0.233 e. The van der Waals surface area contributed by atoms with Crippen molar-refractivity contribution >= 4 is 64.6 Å². The van der Waals surface area contributed by atoms with Crippen molar-refractivity contribution in [1.82, 2.24) is 3.97 Å². The Hall–Kier alpha value is -4.49. The molecular weight excluding hydrogens is 731 g/mol. The predicted molar refractivity (Wildman–Crippen MR) is 236 cm³/mol. The predicted octanol–water partition coefficient (Wildman–Crippen LogP) is 14.8. The third kappa shape index (κ3) is 6.27. The van der Waals surface area contributed by atoms with Crippen molar-refractivity contribution in [3.05, 3.63) is 138 Å². The molecule has 5 aromatic carbocycles. The number of hydrogen-bond acceptors (Lipinski definition) is 4. The fourth-order valence-electron chi connectivity index (χ4n) is 9.18. The van der Waals surface area contributed by atoms with E-state index >= 15 is 0 Å². The maximum atomic E-state index is 14.2. The summed E-state index contributed by atoms with van der Waals surface area (Å²) in [6.45, 7) is 4.61. The van der Waals surface area contributed by atoms with Gasteiger partial charge >= 0.3 is 0 Å². The lowest BCUT2D eigenvalue weighted by molar-refractivity contribution is 0.401. The molecule has 55 heavy (non-hydrogen) atoms. The Morgan fingerprint density at radius 2 is 1.24 bits per heavy atom. The Bertz CT molecular complexity index is 2740. The normalized spacial score (nSPS) is 13.6. The molecule has 9 rings (SSSR count). The number of benzene rings is 5. The average molecular weight is 778 g/mol. The fraction of sp³-hybridized carbons (Fsp3) is 0.265. The molecule has 8 aromatic rings. The zero-order chi connectivity index (χ0) is 37.6. The molecule has 278 valence electrons. The van der Waals surface area contributed by atoms with Crippen LogP contribution in [0.25, 0.3) is 63.9 Å². The maximum Gasteiger partial charge on any atom is 0.268 e. The Balaban J connectivity index is 1.19. The van der Waals surface area contributed by atoms with Gasteiger partial charge in [0.2, 0.25) is 0 Å². The number of nitrogens with zero attached hydrogens (tertiary/aromatic N) is 1. The summed E-state index contributed by atoms with van der Waals surface area (Å²) in [5.74, 6) is 0. The third-order valence-corrected chi connectivity index (χ3v) is 15.7. The molecule has 0 N–H and O–H groups in total. The summed E-state index contributed by atoms with van der Waals surface area (Å²) in [6, 6.07) is 42.2. The second kappa shape index (κ2) is 14.9. The van der Waals surface area contributed by atoms with Crippen LogP contribution >= 0.6 is 22.7 Å². The average Bonchev–Trinajstić information content (AvgIpc) is 4.01. The molecule has 6 heteroatoms. The van der Waals surface area contributed by atoms with Gasteiger partial charge in [-0.1, -0.05) is 132 Å². The van der Waals surface area contributed by atoms with Crippen LogP contribution in [0.3, 0.4) is 0 Å². The molecule has 0 radical (unpaired) electrons. The Labute approximate surface area is 333 Å². The third-order valence-electron chi connectivity index (χ3n) is 11.9. The van der Waals surface area contributed by atoms with Gasteiger partial charge in [0.15, 0.2) is 0 Å². The van der Waals surface area contributed by atoms with Crippen LogP contribution < -0.4 is 0 Å². The Kier molecular flexibility index (Phi) is 9.78. The number of rotatable bonds is 14. The number of hydrogen-bond donors (Lipinski definition) is 0. The molecule has 0 amide bonds. The van der Waals surface area contributed by atoms with E-state index in [1.807, 2.05) is 41.7 Å². The SMILES string of the molecule is CCCCCCC1(CCCCCC)c2cc(-c3cccs3)ccc2-c2ccc(-c3cc4cc5c6ccccc6n(S(=O)(=O)c6ccccc6)c5cc4s3)cc21. The quantitative estimate of drug-likeness (QED) is 0.103. The van der Waals surface area contributed by atoms with Crippen molar-refractivity contribution in [2.24, 2.45) is 0 Å². The van der Waals surface area contributed by atoms with E-state index in [2.05, 4.69) is 86.0 Å². The van der Waals surface area contributed by atoms with Crippen molar-refractivity contribution in [2.75, 3.05) is 0 Å². The monoisotopic (exact) mass is 777 g/mol. The molecule has 1 aliphatic carbocycles. The highest BCUT2D eigenvalue weighted by atomic mass is 32.2. The Morgan fingerprint density at radius 1 is 0.582 bits per heavy atom. The van der Waals surface area contributed by atoms with Crippen molar-refractivity contribution in [3.63, 3.8) is 0 Å². The molecule has 0 aliphatic heterocycles. The molecule has 3 nitrogen and oxygen atoms in total. The van der Waals surface area contributed by atoms with E-state index in [4.69, 9.17) is 0 Å². The molecule has 0 fully saturated rings.